The lowest BCUT2D eigenvalue weighted by atomic mass is 10.0. The van der Waals surface area contributed by atoms with Crippen LogP contribution in [0.4, 0.5) is 18.9 Å². The van der Waals surface area contributed by atoms with Crippen LogP contribution in [-0.4, -0.2) is 56.8 Å². The summed E-state index contributed by atoms with van der Waals surface area (Å²) in [6.45, 7) is 10.1. The van der Waals surface area contributed by atoms with E-state index in [4.69, 9.17) is 9.47 Å². The number of hydrogen-bond acceptors (Lipinski definition) is 7. The van der Waals surface area contributed by atoms with Gasteiger partial charge in [0.25, 0.3) is 5.56 Å². The summed E-state index contributed by atoms with van der Waals surface area (Å²) < 4.78 is 57.2. The average Bonchev–Trinajstić information content (AvgIpc) is 2.66. The standard InChI is InChI=1S/C20H34F3N3O5Si/c1-14(2)16(12-30-8-7-17(27)29-3)25-15-11-24-26(13-31-9-10-32(4,5)6)19(28)18(15)20(21,22)23/h11,14,16,25H,7-10,12-13H2,1-6H3. The Balaban J connectivity index is 2.96. The van der Waals surface area contributed by atoms with Crippen LogP contribution in [0.1, 0.15) is 25.8 Å². The van der Waals surface area contributed by atoms with Crippen LogP contribution in [0.15, 0.2) is 11.0 Å². The summed E-state index contributed by atoms with van der Waals surface area (Å²) in [5.74, 6) is -0.570. The number of nitrogens with one attached hydrogen (secondary N) is 1. The lowest BCUT2D eigenvalue weighted by molar-refractivity contribution is -0.142. The molecule has 0 saturated carbocycles. The number of hydrogen-bond donors (Lipinski definition) is 1. The fourth-order valence-corrected chi connectivity index (χ4v) is 3.32. The van der Waals surface area contributed by atoms with E-state index in [1.54, 1.807) is 13.8 Å². The van der Waals surface area contributed by atoms with Crippen molar-refractivity contribution in [3.05, 3.63) is 22.1 Å². The van der Waals surface area contributed by atoms with Gasteiger partial charge in [-0.05, 0) is 12.0 Å². The van der Waals surface area contributed by atoms with Crippen LogP contribution in [0.25, 0.3) is 0 Å². The normalized spacial score (nSPS) is 13.3. The second-order valence-corrected chi connectivity index (χ2v) is 14.6. The molecule has 1 aromatic heterocycles. The molecule has 12 heteroatoms. The van der Waals surface area contributed by atoms with E-state index in [1.165, 1.54) is 7.11 Å². The number of anilines is 1. The Hall–Kier alpha value is -1.92. The van der Waals surface area contributed by atoms with Crippen molar-refractivity contribution in [2.24, 2.45) is 5.92 Å². The second-order valence-electron chi connectivity index (χ2n) is 8.98. The first-order chi connectivity index (χ1) is 14.8. The summed E-state index contributed by atoms with van der Waals surface area (Å²) >= 11 is 0. The van der Waals surface area contributed by atoms with Gasteiger partial charge in [-0.2, -0.15) is 18.3 Å². The number of carbonyl (C=O) groups is 1. The molecule has 1 unspecified atom stereocenters. The van der Waals surface area contributed by atoms with Crippen LogP contribution >= 0.6 is 0 Å². The Bertz CT molecular complexity index is 794. The molecule has 0 bridgehead atoms. The smallest absolute Gasteiger partial charge is 0.423 e. The molecule has 184 valence electrons. The molecule has 0 fully saturated rings. The molecule has 32 heavy (non-hydrogen) atoms. The van der Waals surface area contributed by atoms with Gasteiger partial charge in [0.2, 0.25) is 0 Å². The number of esters is 1. The van der Waals surface area contributed by atoms with Gasteiger partial charge < -0.3 is 19.5 Å². The molecule has 1 N–H and O–H groups in total. The van der Waals surface area contributed by atoms with E-state index in [0.717, 1.165) is 12.2 Å². The molecule has 0 saturated heterocycles. The zero-order valence-electron chi connectivity index (χ0n) is 19.5. The predicted molar refractivity (Wildman–Crippen MR) is 117 cm³/mol. The van der Waals surface area contributed by atoms with Crippen LogP contribution < -0.4 is 10.9 Å². The van der Waals surface area contributed by atoms with Crippen LogP contribution in [0.2, 0.25) is 25.7 Å². The number of rotatable bonds is 13. The van der Waals surface area contributed by atoms with Gasteiger partial charge in [-0.1, -0.05) is 33.5 Å². The van der Waals surface area contributed by atoms with Crippen LogP contribution in [0.5, 0.6) is 0 Å². The van der Waals surface area contributed by atoms with E-state index in [1.807, 2.05) is 0 Å². The monoisotopic (exact) mass is 481 g/mol. The molecule has 1 aromatic rings. The summed E-state index contributed by atoms with van der Waals surface area (Å²) in [5.41, 5.74) is -3.03. The maximum Gasteiger partial charge on any atom is 0.423 e. The predicted octanol–water partition coefficient (Wildman–Crippen LogP) is 3.59. The van der Waals surface area contributed by atoms with Crippen molar-refractivity contribution in [3.63, 3.8) is 0 Å². The van der Waals surface area contributed by atoms with Crippen molar-refractivity contribution in [2.45, 2.75) is 64.9 Å². The average molecular weight is 482 g/mol. The molecule has 0 radical (unpaired) electrons. The quantitative estimate of drug-likeness (QED) is 0.262. The van der Waals surface area contributed by atoms with E-state index in [2.05, 4.69) is 34.8 Å². The van der Waals surface area contributed by atoms with Gasteiger partial charge in [0.1, 0.15) is 12.3 Å². The largest absolute Gasteiger partial charge is 0.469 e. The van der Waals surface area contributed by atoms with E-state index >= 15 is 0 Å². The lowest BCUT2D eigenvalue weighted by Crippen LogP contribution is -2.37. The highest BCUT2D eigenvalue weighted by molar-refractivity contribution is 6.76. The van der Waals surface area contributed by atoms with Gasteiger partial charge in [0.05, 0.1) is 44.7 Å². The zero-order valence-corrected chi connectivity index (χ0v) is 20.5. The SMILES string of the molecule is COC(=O)CCOCC(Nc1cnn(COCC[Si](C)(C)C)c(=O)c1C(F)(F)F)C(C)C. The number of alkyl halides is 3. The molecule has 1 heterocycles. The first-order valence-corrected chi connectivity index (χ1v) is 14.1. The fraction of sp³-hybridized carbons (Fsp3) is 0.750. The molecule has 0 spiro atoms. The molecule has 0 aliphatic heterocycles. The first kappa shape index (κ1) is 28.1. The Morgan fingerprint density at radius 3 is 2.41 bits per heavy atom. The topological polar surface area (TPSA) is 91.7 Å². The van der Waals surface area contributed by atoms with Gasteiger partial charge >= 0.3 is 12.1 Å². The highest BCUT2D eigenvalue weighted by Gasteiger charge is 2.39. The Morgan fingerprint density at radius 2 is 1.88 bits per heavy atom. The van der Waals surface area contributed by atoms with E-state index in [-0.39, 0.29) is 32.3 Å². The summed E-state index contributed by atoms with van der Waals surface area (Å²) in [7, 11) is -0.115. The van der Waals surface area contributed by atoms with Crippen LogP contribution in [-0.2, 0) is 31.9 Å². The van der Waals surface area contributed by atoms with Crippen LogP contribution in [0.3, 0.4) is 0 Å². The first-order valence-electron chi connectivity index (χ1n) is 10.4. The maximum absolute atomic E-state index is 13.7. The van der Waals surface area contributed by atoms with Crippen molar-refractivity contribution in [1.29, 1.82) is 0 Å². The van der Waals surface area contributed by atoms with E-state index in [9.17, 15) is 22.8 Å². The highest BCUT2D eigenvalue weighted by atomic mass is 28.3. The Kier molecular flexibility index (Phi) is 10.9. The van der Waals surface area contributed by atoms with E-state index < -0.39 is 43.1 Å². The number of aromatic nitrogens is 2. The third-order valence-corrected chi connectivity index (χ3v) is 6.36. The molecule has 0 aliphatic carbocycles. The molecule has 0 aromatic carbocycles. The second kappa shape index (κ2) is 12.4. The van der Waals surface area contributed by atoms with Crippen LogP contribution in [0, 0.1) is 5.92 Å². The third kappa shape index (κ3) is 9.70. The van der Waals surface area contributed by atoms with Gasteiger partial charge in [0, 0.05) is 14.7 Å². The molecule has 0 aliphatic rings. The summed E-state index contributed by atoms with van der Waals surface area (Å²) in [6, 6.07) is 0.276. The van der Waals surface area contributed by atoms with Crippen molar-refractivity contribution in [1.82, 2.24) is 9.78 Å². The summed E-state index contributed by atoms with van der Waals surface area (Å²) in [6.07, 6.45) is -3.87. The highest BCUT2D eigenvalue weighted by Crippen LogP contribution is 2.32. The molecule has 8 nitrogen and oxygen atoms in total. The van der Waals surface area contributed by atoms with Gasteiger partial charge in [0.15, 0.2) is 0 Å². The lowest BCUT2D eigenvalue weighted by Gasteiger charge is -2.25. The van der Waals surface area contributed by atoms with Crippen molar-refractivity contribution >= 4 is 19.7 Å². The number of carbonyl (C=O) groups excluding carboxylic acids is 1. The van der Waals surface area contributed by atoms with Gasteiger partial charge in [-0.15, -0.1) is 0 Å². The van der Waals surface area contributed by atoms with Crippen molar-refractivity contribution in [2.75, 3.05) is 32.2 Å². The van der Waals surface area contributed by atoms with Gasteiger partial charge in [-0.3, -0.25) is 9.59 Å². The van der Waals surface area contributed by atoms with Gasteiger partial charge in [-0.25, -0.2) is 4.68 Å². The minimum atomic E-state index is -4.88. The molecular weight excluding hydrogens is 447 g/mol. The third-order valence-electron chi connectivity index (χ3n) is 4.66. The van der Waals surface area contributed by atoms with Crippen molar-refractivity contribution < 1.29 is 32.2 Å². The maximum atomic E-state index is 13.7. The summed E-state index contributed by atoms with van der Waals surface area (Å²) in [5, 5.41) is 6.59. The number of methoxy groups -OCH3 is 1. The molecule has 0 amide bonds. The molecule has 1 atom stereocenters. The Labute approximate surface area is 187 Å². The number of nitrogens with zero attached hydrogens (tertiary/aromatic N) is 2. The number of halogens is 3. The van der Waals surface area contributed by atoms with E-state index in [0.29, 0.717) is 11.3 Å². The Morgan fingerprint density at radius 1 is 1.22 bits per heavy atom. The zero-order chi connectivity index (χ0) is 24.5. The minimum absolute atomic E-state index is 0.0322. The molecule has 1 rings (SSSR count). The number of ether oxygens (including phenoxy) is 3. The minimum Gasteiger partial charge on any atom is -0.469 e. The fourth-order valence-electron chi connectivity index (χ4n) is 2.56. The molecular formula is C20H34F3N3O5Si. The van der Waals surface area contributed by atoms with Crippen molar-refractivity contribution in [3.8, 4) is 0 Å². The summed E-state index contributed by atoms with van der Waals surface area (Å²) in [4.78, 5) is 23.7.